The summed E-state index contributed by atoms with van der Waals surface area (Å²) in [5.74, 6) is 1.26. The molecule has 2 unspecified atom stereocenters. The first-order chi connectivity index (χ1) is 12.3. The second kappa shape index (κ2) is 7.38. The van der Waals surface area contributed by atoms with Crippen LogP contribution in [-0.2, 0) is 4.74 Å². The molecule has 25 heavy (non-hydrogen) atoms. The lowest BCUT2D eigenvalue weighted by molar-refractivity contribution is -0.0238. The van der Waals surface area contributed by atoms with Crippen LogP contribution in [0.2, 0.25) is 5.02 Å². The van der Waals surface area contributed by atoms with E-state index in [9.17, 15) is 0 Å². The molecule has 0 saturated carbocycles. The van der Waals surface area contributed by atoms with E-state index in [-0.39, 0.29) is 6.10 Å². The molecule has 2 atom stereocenters. The van der Waals surface area contributed by atoms with Gasteiger partial charge in [-0.05, 0) is 36.6 Å². The van der Waals surface area contributed by atoms with Crippen LogP contribution >= 0.6 is 11.6 Å². The largest absolute Gasteiger partial charge is 0.373 e. The molecule has 2 aromatic carbocycles. The van der Waals surface area contributed by atoms with E-state index in [2.05, 4.69) is 39.6 Å². The smallest absolute Gasteiger partial charge is 0.137 e. The highest BCUT2D eigenvalue weighted by Crippen LogP contribution is 2.34. The summed E-state index contributed by atoms with van der Waals surface area (Å²) >= 11 is 6.06. The quantitative estimate of drug-likeness (QED) is 0.727. The first kappa shape index (κ1) is 16.3. The van der Waals surface area contributed by atoms with E-state index in [4.69, 9.17) is 16.3 Å². The predicted octanol–water partition coefficient (Wildman–Crippen LogP) is 4.86. The van der Waals surface area contributed by atoms with Crippen LogP contribution in [0.5, 0.6) is 0 Å². The minimum Gasteiger partial charge on any atom is -0.373 e. The number of ether oxygens (including phenoxy) is 1. The molecule has 1 aliphatic rings. The fraction of sp³-hybridized carbons (Fsp3) is 0.300. The van der Waals surface area contributed by atoms with Gasteiger partial charge in [0.2, 0.25) is 0 Å². The molecule has 1 fully saturated rings. The van der Waals surface area contributed by atoms with Gasteiger partial charge < -0.3 is 10.1 Å². The zero-order valence-electron chi connectivity index (χ0n) is 13.9. The van der Waals surface area contributed by atoms with Crippen molar-refractivity contribution in [2.75, 3.05) is 18.5 Å². The maximum absolute atomic E-state index is 6.08. The second-order valence-electron chi connectivity index (χ2n) is 6.37. The first-order valence-corrected chi connectivity index (χ1v) is 9.00. The lowest BCUT2D eigenvalue weighted by Crippen LogP contribution is -2.28. The number of anilines is 1. The summed E-state index contributed by atoms with van der Waals surface area (Å²) in [6.45, 7) is 1.64. The van der Waals surface area contributed by atoms with Gasteiger partial charge in [-0.25, -0.2) is 9.97 Å². The van der Waals surface area contributed by atoms with Gasteiger partial charge in [0.05, 0.1) is 11.6 Å². The topological polar surface area (TPSA) is 47.0 Å². The predicted molar refractivity (Wildman–Crippen MR) is 101 cm³/mol. The van der Waals surface area contributed by atoms with Crippen LogP contribution in [0.15, 0.2) is 54.9 Å². The third kappa shape index (κ3) is 3.60. The maximum atomic E-state index is 6.08. The molecular weight excluding hydrogens is 334 g/mol. The van der Waals surface area contributed by atoms with Gasteiger partial charge in [0.25, 0.3) is 0 Å². The molecule has 0 radical (unpaired) electrons. The molecule has 128 valence electrons. The van der Waals surface area contributed by atoms with E-state index in [1.165, 1.54) is 5.56 Å². The average Bonchev–Trinajstić information content (AvgIpc) is 2.67. The summed E-state index contributed by atoms with van der Waals surface area (Å²) < 4.78 is 6.08. The van der Waals surface area contributed by atoms with Crippen LogP contribution in [0.25, 0.3) is 10.9 Å². The number of fused-ring (bicyclic) bond motifs is 1. The molecule has 4 nitrogen and oxygen atoms in total. The minimum absolute atomic E-state index is 0.130. The van der Waals surface area contributed by atoms with Crippen LogP contribution in [0, 0.1) is 5.92 Å². The molecule has 0 bridgehead atoms. The number of nitrogens with one attached hydrogen (secondary N) is 1. The van der Waals surface area contributed by atoms with Crippen molar-refractivity contribution in [3.8, 4) is 0 Å². The van der Waals surface area contributed by atoms with Crippen molar-refractivity contribution in [1.82, 2.24) is 9.97 Å². The van der Waals surface area contributed by atoms with Gasteiger partial charge in [0.1, 0.15) is 12.1 Å². The van der Waals surface area contributed by atoms with Crippen molar-refractivity contribution in [3.63, 3.8) is 0 Å². The molecule has 1 aromatic heterocycles. The van der Waals surface area contributed by atoms with Crippen LogP contribution in [0.1, 0.15) is 24.5 Å². The highest BCUT2D eigenvalue weighted by atomic mass is 35.5. The normalized spacial score (nSPS) is 20.5. The summed E-state index contributed by atoms with van der Waals surface area (Å²) in [7, 11) is 0. The van der Waals surface area contributed by atoms with Gasteiger partial charge in [-0.3, -0.25) is 0 Å². The number of aromatic nitrogens is 2. The third-order valence-corrected chi connectivity index (χ3v) is 4.94. The lowest BCUT2D eigenvalue weighted by atomic mass is 9.89. The molecule has 0 amide bonds. The minimum atomic E-state index is 0.130. The van der Waals surface area contributed by atoms with Crippen LogP contribution in [-0.4, -0.2) is 23.1 Å². The molecular formula is C20H20ClN3O. The molecule has 1 saturated heterocycles. The Balaban J connectivity index is 1.54. The van der Waals surface area contributed by atoms with Crippen molar-refractivity contribution in [1.29, 1.82) is 0 Å². The summed E-state index contributed by atoms with van der Waals surface area (Å²) in [6, 6.07) is 16.2. The summed E-state index contributed by atoms with van der Waals surface area (Å²) in [4.78, 5) is 8.71. The maximum Gasteiger partial charge on any atom is 0.137 e. The second-order valence-corrected chi connectivity index (χ2v) is 6.81. The van der Waals surface area contributed by atoms with E-state index in [1.54, 1.807) is 6.33 Å². The lowest BCUT2D eigenvalue weighted by Gasteiger charge is -2.32. The van der Waals surface area contributed by atoms with E-state index < -0.39 is 0 Å². The summed E-state index contributed by atoms with van der Waals surface area (Å²) in [5.41, 5.74) is 2.10. The molecule has 5 heteroatoms. The Morgan fingerprint density at radius 1 is 1.12 bits per heavy atom. The van der Waals surface area contributed by atoms with Gasteiger partial charge in [0, 0.05) is 29.5 Å². The summed E-state index contributed by atoms with van der Waals surface area (Å²) in [5, 5.41) is 5.17. The molecule has 3 aromatic rings. The Morgan fingerprint density at radius 2 is 2.00 bits per heavy atom. The van der Waals surface area contributed by atoms with Crippen LogP contribution < -0.4 is 5.32 Å². The molecule has 0 spiro atoms. The Morgan fingerprint density at radius 3 is 2.88 bits per heavy atom. The zero-order chi connectivity index (χ0) is 17.1. The Hall–Kier alpha value is -2.17. The van der Waals surface area contributed by atoms with E-state index in [0.717, 1.165) is 42.7 Å². The van der Waals surface area contributed by atoms with Gasteiger partial charge >= 0.3 is 0 Å². The number of halogens is 1. The fourth-order valence-electron chi connectivity index (χ4n) is 3.46. The first-order valence-electron chi connectivity index (χ1n) is 8.62. The van der Waals surface area contributed by atoms with Gasteiger partial charge in [-0.15, -0.1) is 0 Å². The van der Waals surface area contributed by atoms with Crippen molar-refractivity contribution < 1.29 is 4.74 Å². The Kier molecular flexibility index (Phi) is 4.81. The zero-order valence-corrected chi connectivity index (χ0v) is 14.6. The van der Waals surface area contributed by atoms with E-state index in [1.807, 2.05) is 24.3 Å². The van der Waals surface area contributed by atoms with Crippen molar-refractivity contribution in [3.05, 3.63) is 65.4 Å². The number of hydrogen-bond donors (Lipinski definition) is 1. The van der Waals surface area contributed by atoms with Crippen LogP contribution in [0.4, 0.5) is 5.82 Å². The SMILES string of the molecule is Clc1ccc2c(NCC3CCCOC3c3ccccc3)ncnc2c1. The van der Waals surface area contributed by atoms with Crippen molar-refractivity contribution >= 4 is 28.3 Å². The van der Waals surface area contributed by atoms with Gasteiger partial charge in [-0.2, -0.15) is 0 Å². The molecule has 4 rings (SSSR count). The van der Waals surface area contributed by atoms with Crippen LogP contribution in [0.3, 0.4) is 0 Å². The fourth-order valence-corrected chi connectivity index (χ4v) is 3.63. The average molecular weight is 354 g/mol. The number of nitrogens with zero attached hydrogens (tertiary/aromatic N) is 2. The molecule has 1 N–H and O–H groups in total. The van der Waals surface area contributed by atoms with E-state index in [0.29, 0.717) is 10.9 Å². The molecule has 0 aliphatic carbocycles. The van der Waals surface area contributed by atoms with E-state index >= 15 is 0 Å². The Bertz CT molecular complexity index is 856. The summed E-state index contributed by atoms with van der Waals surface area (Å²) in [6.07, 6.45) is 3.94. The number of hydrogen-bond acceptors (Lipinski definition) is 4. The highest BCUT2D eigenvalue weighted by molar-refractivity contribution is 6.31. The molecule has 1 aliphatic heterocycles. The van der Waals surface area contributed by atoms with Crippen molar-refractivity contribution in [2.45, 2.75) is 18.9 Å². The third-order valence-electron chi connectivity index (χ3n) is 4.70. The van der Waals surface area contributed by atoms with Gasteiger partial charge in [-0.1, -0.05) is 41.9 Å². The highest BCUT2D eigenvalue weighted by Gasteiger charge is 2.27. The van der Waals surface area contributed by atoms with Crippen molar-refractivity contribution in [2.24, 2.45) is 5.92 Å². The molecule has 2 heterocycles. The standard InChI is InChI=1S/C20H20ClN3O/c21-16-8-9-17-18(11-16)23-13-24-20(17)22-12-15-7-4-10-25-19(15)14-5-2-1-3-6-14/h1-3,5-6,8-9,11,13,15,19H,4,7,10,12H2,(H,22,23,24). The number of benzene rings is 2. The number of rotatable bonds is 4. The Labute approximate surface area is 152 Å². The van der Waals surface area contributed by atoms with Gasteiger partial charge in [0.15, 0.2) is 0 Å². The monoisotopic (exact) mass is 353 g/mol.